The molecule has 0 bridgehead atoms. The average molecular weight is 330 g/mol. The van der Waals surface area contributed by atoms with Gasteiger partial charge in [-0.1, -0.05) is 18.2 Å². The summed E-state index contributed by atoms with van der Waals surface area (Å²) in [6.07, 6.45) is 2.03. The molecule has 0 fully saturated rings. The topological polar surface area (TPSA) is 50.8 Å². The molecule has 1 aliphatic heterocycles. The van der Waals surface area contributed by atoms with E-state index in [1.807, 2.05) is 41.8 Å². The second-order valence-corrected chi connectivity index (χ2v) is 6.03. The van der Waals surface area contributed by atoms with Gasteiger partial charge in [-0.2, -0.15) is 0 Å². The Kier molecular flexibility index (Phi) is 4.25. The number of carbonyl (C=O) groups is 1. The third kappa shape index (κ3) is 2.77. The van der Waals surface area contributed by atoms with Crippen LogP contribution < -0.4 is 14.9 Å². The summed E-state index contributed by atoms with van der Waals surface area (Å²) in [6.45, 7) is 1.54. The molecule has 0 spiro atoms. The molecule has 0 saturated carbocycles. The van der Waals surface area contributed by atoms with Crippen molar-refractivity contribution in [2.75, 3.05) is 14.2 Å². The second-order valence-electron chi connectivity index (χ2n) is 5.09. The molecule has 3 rings (SSSR count). The van der Waals surface area contributed by atoms with Crippen molar-refractivity contribution in [3.05, 3.63) is 52.2 Å². The third-order valence-electron chi connectivity index (χ3n) is 3.72. The molecule has 1 atom stereocenters. The minimum atomic E-state index is -0.255. The van der Waals surface area contributed by atoms with Crippen LogP contribution in [0.1, 0.15) is 23.4 Å². The first-order valence-corrected chi connectivity index (χ1v) is 8.06. The molecule has 1 aromatic carbocycles. The number of rotatable bonds is 4. The van der Waals surface area contributed by atoms with Crippen LogP contribution in [-0.2, 0) is 4.79 Å². The van der Waals surface area contributed by atoms with Gasteiger partial charge in [0.1, 0.15) is 6.04 Å². The van der Waals surface area contributed by atoms with Gasteiger partial charge in [-0.05, 0) is 23.6 Å². The van der Waals surface area contributed by atoms with Crippen LogP contribution in [0.15, 0.2) is 41.8 Å². The highest BCUT2D eigenvalue weighted by molar-refractivity contribution is 7.11. The Bertz CT molecular complexity index is 740. The highest BCUT2D eigenvalue weighted by atomic mass is 32.1. The van der Waals surface area contributed by atoms with Crippen LogP contribution in [0, 0.1) is 0 Å². The molecule has 120 valence electrons. The maximum absolute atomic E-state index is 12.1. The first kappa shape index (κ1) is 15.4. The Morgan fingerprint density at radius 1 is 1.22 bits per heavy atom. The monoisotopic (exact) mass is 330 g/mol. The van der Waals surface area contributed by atoms with Crippen LogP contribution in [-0.4, -0.2) is 25.1 Å². The predicted octanol–water partition coefficient (Wildman–Crippen LogP) is 3.21. The number of benzene rings is 1. The Morgan fingerprint density at radius 2 is 2.04 bits per heavy atom. The van der Waals surface area contributed by atoms with Crippen molar-refractivity contribution in [3.8, 4) is 11.5 Å². The number of ether oxygens (including phenoxy) is 2. The molecule has 1 aromatic heterocycles. The maximum Gasteiger partial charge on any atom is 0.238 e. The van der Waals surface area contributed by atoms with Gasteiger partial charge in [-0.15, -0.1) is 11.3 Å². The number of thiophene rings is 1. The number of para-hydroxylation sites is 1. The van der Waals surface area contributed by atoms with Crippen molar-refractivity contribution in [1.29, 1.82) is 0 Å². The molecular formula is C17H18N2O3S. The Hall–Kier alpha value is -2.47. The zero-order valence-corrected chi connectivity index (χ0v) is 14.0. The van der Waals surface area contributed by atoms with Crippen LogP contribution in [0.4, 0.5) is 0 Å². The molecule has 0 unspecified atom stereocenters. The normalized spacial score (nSPS) is 16.7. The van der Waals surface area contributed by atoms with E-state index in [0.29, 0.717) is 11.5 Å². The SMILES string of the molecule is COc1cccc([C@@H]2C=C(c3cccs3)NN2C(C)=O)c1OC. The van der Waals surface area contributed by atoms with Crippen LogP contribution >= 0.6 is 11.3 Å². The van der Waals surface area contributed by atoms with Crippen molar-refractivity contribution in [2.45, 2.75) is 13.0 Å². The summed E-state index contributed by atoms with van der Waals surface area (Å²) < 4.78 is 10.9. The summed E-state index contributed by atoms with van der Waals surface area (Å²) in [5.74, 6) is 1.21. The van der Waals surface area contributed by atoms with Gasteiger partial charge < -0.3 is 9.47 Å². The first-order chi connectivity index (χ1) is 11.2. The summed E-state index contributed by atoms with van der Waals surface area (Å²) in [4.78, 5) is 13.1. The minimum absolute atomic E-state index is 0.0670. The number of nitrogens with zero attached hydrogens (tertiary/aromatic N) is 1. The van der Waals surface area contributed by atoms with E-state index in [1.54, 1.807) is 30.6 Å². The highest BCUT2D eigenvalue weighted by Crippen LogP contribution is 2.40. The van der Waals surface area contributed by atoms with E-state index in [2.05, 4.69) is 5.43 Å². The van der Waals surface area contributed by atoms with Crippen molar-refractivity contribution in [3.63, 3.8) is 0 Å². The van der Waals surface area contributed by atoms with Crippen LogP contribution in [0.3, 0.4) is 0 Å². The molecule has 23 heavy (non-hydrogen) atoms. The van der Waals surface area contributed by atoms with Gasteiger partial charge in [0.05, 0.1) is 24.8 Å². The lowest BCUT2D eigenvalue weighted by Gasteiger charge is -2.25. The molecule has 1 N–H and O–H groups in total. The fraction of sp³-hybridized carbons (Fsp3) is 0.235. The number of methoxy groups -OCH3 is 2. The minimum Gasteiger partial charge on any atom is -0.493 e. The Morgan fingerprint density at radius 3 is 2.65 bits per heavy atom. The van der Waals surface area contributed by atoms with E-state index < -0.39 is 0 Å². The Labute approximate surface area is 139 Å². The van der Waals surface area contributed by atoms with Crippen LogP contribution in [0.5, 0.6) is 11.5 Å². The average Bonchev–Trinajstić information content (AvgIpc) is 3.22. The van der Waals surface area contributed by atoms with E-state index in [9.17, 15) is 4.79 Å². The van der Waals surface area contributed by atoms with E-state index in [4.69, 9.17) is 9.47 Å². The molecule has 2 heterocycles. The van der Waals surface area contributed by atoms with E-state index in [0.717, 1.165) is 16.1 Å². The summed E-state index contributed by atoms with van der Waals surface area (Å²) in [7, 11) is 3.20. The molecular weight excluding hydrogens is 312 g/mol. The summed E-state index contributed by atoms with van der Waals surface area (Å²) in [6, 6.07) is 9.43. The number of carbonyl (C=O) groups excluding carboxylic acids is 1. The molecule has 0 radical (unpaired) electrons. The fourth-order valence-corrected chi connectivity index (χ4v) is 3.39. The zero-order valence-electron chi connectivity index (χ0n) is 13.2. The van der Waals surface area contributed by atoms with Gasteiger partial charge in [0.2, 0.25) is 5.91 Å². The first-order valence-electron chi connectivity index (χ1n) is 7.18. The summed E-state index contributed by atoms with van der Waals surface area (Å²) in [5, 5.41) is 3.61. The molecule has 6 heteroatoms. The molecule has 0 aliphatic carbocycles. The summed E-state index contributed by atoms with van der Waals surface area (Å²) >= 11 is 1.62. The number of hydrogen-bond donors (Lipinski definition) is 1. The van der Waals surface area contributed by atoms with Crippen molar-refractivity contribution >= 4 is 22.9 Å². The van der Waals surface area contributed by atoms with E-state index >= 15 is 0 Å². The third-order valence-corrected chi connectivity index (χ3v) is 4.62. The van der Waals surface area contributed by atoms with E-state index in [-0.39, 0.29) is 11.9 Å². The molecule has 1 aliphatic rings. The Balaban J connectivity index is 2.07. The molecule has 0 saturated heterocycles. The summed E-state index contributed by atoms with van der Waals surface area (Å²) in [5.41, 5.74) is 4.99. The van der Waals surface area contributed by atoms with Gasteiger partial charge in [0.25, 0.3) is 0 Å². The molecule has 2 aromatic rings. The smallest absolute Gasteiger partial charge is 0.238 e. The van der Waals surface area contributed by atoms with Crippen molar-refractivity contribution in [1.82, 2.24) is 10.4 Å². The van der Waals surface area contributed by atoms with Crippen LogP contribution in [0.25, 0.3) is 5.70 Å². The fourth-order valence-electron chi connectivity index (χ4n) is 2.69. The van der Waals surface area contributed by atoms with Gasteiger partial charge >= 0.3 is 0 Å². The van der Waals surface area contributed by atoms with Gasteiger partial charge in [0, 0.05) is 12.5 Å². The lowest BCUT2D eigenvalue weighted by atomic mass is 10.0. The second kappa shape index (κ2) is 6.34. The van der Waals surface area contributed by atoms with Gasteiger partial charge in [0.15, 0.2) is 11.5 Å². The van der Waals surface area contributed by atoms with E-state index in [1.165, 1.54) is 6.92 Å². The maximum atomic E-state index is 12.1. The zero-order chi connectivity index (χ0) is 16.4. The number of hydrogen-bond acceptors (Lipinski definition) is 5. The van der Waals surface area contributed by atoms with Crippen molar-refractivity contribution < 1.29 is 14.3 Å². The van der Waals surface area contributed by atoms with Crippen molar-refractivity contribution in [2.24, 2.45) is 0 Å². The number of amides is 1. The quantitative estimate of drug-likeness (QED) is 0.935. The van der Waals surface area contributed by atoms with Crippen LogP contribution in [0.2, 0.25) is 0 Å². The lowest BCUT2D eigenvalue weighted by molar-refractivity contribution is -0.132. The number of hydrazine groups is 1. The molecule has 1 amide bonds. The standard InChI is InChI=1S/C17H18N2O3S/c1-11(20)19-14(10-13(18-19)16-8-5-9-23-16)12-6-4-7-15(21-2)17(12)22-3/h4-10,14,18H,1-3H3/t14-/m0/s1. The number of nitrogens with one attached hydrogen (secondary N) is 1. The van der Waals surface area contributed by atoms with Gasteiger partial charge in [-0.25, -0.2) is 5.01 Å². The predicted molar refractivity (Wildman–Crippen MR) is 90.2 cm³/mol. The lowest BCUT2D eigenvalue weighted by Crippen LogP contribution is -2.37. The largest absolute Gasteiger partial charge is 0.493 e. The van der Waals surface area contributed by atoms with Gasteiger partial charge in [-0.3, -0.25) is 10.2 Å². The molecule has 5 nitrogen and oxygen atoms in total. The highest BCUT2D eigenvalue weighted by Gasteiger charge is 2.31.